The molecule has 0 aliphatic heterocycles. The molecule has 1 heterocycles. The van der Waals surface area contributed by atoms with Crippen molar-refractivity contribution in [2.45, 2.75) is 0 Å². The molecule has 82 valence electrons. The standard InChI is InChI=1S/C9H13N3O2S/c1-15-3-2-11-8-4-6(9(13)14)7(10)5-12-8/h4-5H,2-3,10H2,1H3,(H,11,12)(H,13,14). The molecule has 1 rings (SSSR count). The van der Waals surface area contributed by atoms with Gasteiger partial charge in [0.25, 0.3) is 0 Å². The van der Waals surface area contributed by atoms with Crippen molar-refractivity contribution < 1.29 is 9.90 Å². The van der Waals surface area contributed by atoms with Gasteiger partial charge in [0, 0.05) is 12.3 Å². The summed E-state index contributed by atoms with van der Waals surface area (Å²) in [6.45, 7) is 0.747. The van der Waals surface area contributed by atoms with E-state index in [9.17, 15) is 4.79 Å². The maximum Gasteiger partial charge on any atom is 0.337 e. The number of thioether (sulfide) groups is 1. The van der Waals surface area contributed by atoms with Gasteiger partial charge in [-0.3, -0.25) is 0 Å². The Morgan fingerprint density at radius 3 is 3.07 bits per heavy atom. The molecule has 0 aliphatic carbocycles. The molecule has 0 atom stereocenters. The fraction of sp³-hybridized carbons (Fsp3) is 0.333. The maximum absolute atomic E-state index is 10.8. The molecule has 1 aromatic rings. The maximum atomic E-state index is 10.8. The number of nitrogens with zero attached hydrogens (tertiary/aromatic N) is 1. The number of carboxylic acids is 1. The first-order valence-electron chi connectivity index (χ1n) is 4.36. The average molecular weight is 227 g/mol. The van der Waals surface area contributed by atoms with Crippen LogP contribution < -0.4 is 11.1 Å². The Hall–Kier alpha value is -1.43. The highest BCUT2D eigenvalue weighted by Crippen LogP contribution is 2.14. The summed E-state index contributed by atoms with van der Waals surface area (Å²) in [6, 6.07) is 1.44. The van der Waals surface area contributed by atoms with Crippen molar-refractivity contribution >= 4 is 29.2 Å². The van der Waals surface area contributed by atoms with Crippen LogP contribution in [0.2, 0.25) is 0 Å². The molecule has 0 fully saturated rings. The molecular weight excluding hydrogens is 214 g/mol. The van der Waals surface area contributed by atoms with Gasteiger partial charge in [0.2, 0.25) is 0 Å². The Bertz CT molecular complexity index is 357. The van der Waals surface area contributed by atoms with Crippen LogP contribution in [0.1, 0.15) is 10.4 Å². The van der Waals surface area contributed by atoms with E-state index in [4.69, 9.17) is 10.8 Å². The summed E-state index contributed by atoms with van der Waals surface area (Å²) in [5.41, 5.74) is 5.73. The first kappa shape index (κ1) is 11.6. The number of carboxylic acid groups (broad SMARTS) is 1. The Balaban J connectivity index is 2.74. The minimum atomic E-state index is -1.04. The van der Waals surface area contributed by atoms with Gasteiger partial charge in [0.1, 0.15) is 5.82 Å². The second-order valence-corrected chi connectivity index (χ2v) is 3.87. The van der Waals surface area contributed by atoms with E-state index in [-0.39, 0.29) is 11.3 Å². The average Bonchev–Trinajstić information content (AvgIpc) is 2.20. The highest BCUT2D eigenvalue weighted by atomic mass is 32.2. The van der Waals surface area contributed by atoms with Crippen molar-refractivity contribution in [1.82, 2.24) is 4.98 Å². The van der Waals surface area contributed by atoms with Gasteiger partial charge >= 0.3 is 5.97 Å². The largest absolute Gasteiger partial charge is 0.478 e. The lowest BCUT2D eigenvalue weighted by molar-refractivity contribution is 0.0698. The smallest absolute Gasteiger partial charge is 0.337 e. The van der Waals surface area contributed by atoms with Gasteiger partial charge in [-0.05, 0) is 12.3 Å². The van der Waals surface area contributed by atoms with E-state index in [1.807, 2.05) is 6.26 Å². The van der Waals surface area contributed by atoms with Crippen LogP contribution in [0.4, 0.5) is 11.5 Å². The zero-order valence-electron chi connectivity index (χ0n) is 8.36. The van der Waals surface area contributed by atoms with Gasteiger partial charge < -0.3 is 16.2 Å². The molecule has 0 spiro atoms. The lowest BCUT2D eigenvalue weighted by Gasteiger charge is -2.06. The molecule has 0 radical (unpaired) electrons. The van der Waals surface area contributed by atoms with E-state index in [0.717, 1.165) is 12.3 Å². The number of carbonyl (C=O) groups is 1. The van der Waals surface area contributed by atoms with Gasteiger partial charge in [0.15, 0.2) is 0 Å². The van der Waals surface area contributed by atoms with Gasteiger partial charge in [-0.15, -0.1) is 0 Å². The number of hydrogen-bond donors (Lipinski definition) is 3. The van der Waals surface area contributed by atoms with Gasteiger partial charge in [0.05, 0.1) is 17.4 Å². The molecule has 0 saturated heterocycles. The zero-order valence-corrected chi connectivity index (χ0v) is 9.17. The van der Waals surface area contributed by atoms with Gasteiger partial charge in [-0.1, -0.05) is 0 Å². The molecule has 4 N–H and O–H groups in total. The van der Waals surface area contributed by atoms with Crippen LogP contribution in [-0.4, -0.2) is 34.6 Å². The third-order valence-electron chi connectivity index (χ3n) is 1.78. The molecule has 6 heteroatoms. The second-order valence-electron chi connectivity index (χ2n) is 2.88. The highest BCUT2D eigenvalue weighted by molar-refractivity contribution is 7.98. The molecule has 0 saturated carbocycles. The third kappa shape index (κ3) is 3.32. The van der Waals surface area contributed by atoms with Crippen molar-refractivity contribution in [1.29, 1.82) is 0 Å². The van der Waals surface area contributed by atoms with Crippen molar-refractivity contribution in [3.63, 3.8) is 0 Å². The van der Waals surface area contributed by atoms with E-state index >= 15 is 0 Å². The summed E-state index contributed by atoms with van der Waals surface area (Å²) in [5.74, 6) is 0.438. The molecule has 1 aromatic heterocycles. The molecule has 0 amide bonds. The summed E-state index contributed by atoms with van der Waals surface area (Å²) in [7, 11) is 0. The minimum Gasteiger partial charge on any atom is -0.478 e. The van der Waals surface area contributed by atoms with Crippen molar-refractivity contribution in [3.05, 3.63) is 17.8 Å². The quantitative estimate of drug-likeness (QED) is 0.654. The monoisotopic (exact) mass is 227 g/mol. The van der Waals surface area contributed by atoms with Crippen LogP contribution in [0.25, 0.3) is 0 Å². The summed E-state index contributed by atoms with van der Waals surface area (Å²) in [6.07, 6.45) is 3.35. The zero-order chi connectivity index (χ0) is 11.3. The molecule has 5 nitrogen and oxygen atoms in total. The summed E-state index contributed by atoms with van der Waals surface area (Å²) >= 11 is 1.70. The highest BCUT2D eigenvalue weighted by Gasteiger charge is 2.08. The predicted molar refractivity (Wildman–Crippen MR) is 62.5 cm³/mol. The van der Waals surface area contributed by atoms with Crippen LogP contribution in [0.3, 0.4) is 0 Å². The van der Waals surface area contributed by atoms with E-state index in [0.29, 0.717) is 5.82 Å². The number of aromatic carboxylic acids is 1. The number of anilines is 2. The number of nitrogens with two attached hydrogens (primary N) is 1. The van der Waals surface area contributed by atoms with Crippen molar-refractivity contribution in [2.75, 3.05) is 29.6 Å². The molecule has 0 bridgehead atoms. The van der Waals surface area contributed by atoms with Gasteiger partial charge in [-0.2, -0.15) is 11.8 Å². The van der Waals surface area contributed by atoms with Crippen LogP contribution in [-0.2, 0) is 0 Å². The van der Waals surface area contributed by atoms with E-state index in [1.165, 1.54) is 12.3 Å². The number of nitrogens with one attached hydrogen (secondary N) is 1. The SMILES string of the molecule is CSCCNc1cc(C(=O)O)c(N)cn1. The fourth-order valence-corrected chi connectivity index (χ4v) is 1.34. The Labute approximate surface area is 92.1 Å². The lowest BCUT2D eigenvalue weighted by Crippen LogP contribution is -2.09. The van der Waals surface area contributed by atoms with Gasteiger partial charge in [-0.25, -0.2) is 9.78 Å². The second kappa shape index (κ2) is 5.45. The van der Waals surface area contributed by atoms with Crippen LogP contribution in [0.15, 0.2) is 12.3 Å². The van der Waals surface area contributed by atoms with Crippen molar-refractivity contribution in [2.24, 2.45) is 0 Å². The van der Waals surface area contributed by atoms with E-state index in [2.05, 4.69) is 10.3 Å². The molecular formula is C9H13N3O2S. The van der Waals surface area contributed by atoms with E-state index < -0.39 is 5.97 Å². The molecule has 0 unspecified atom stereocenters. The lowest BCUT2D eigenvalue weighted by atomic mass is 10.2. The Kier molecular flexibility index (Phi) is 4.23. The van der Waals surface area contributed by atoms with Crippen molar-refractivity contribution in [3.8, 4) is 0 Å². The number of aromatic nitrogens is 1. The number of nitrogen functional groups attached to an aromatic ring is 1. The molecule has 0 aliphatic rings. The minimum absolute atomic E-state index is 0.0802. The van der Waals surface area contributed by atoms with Crippen LogP contribution >= 0.6 is 11.8 Å². The van der Waals surface area contributed by atoms with E-state index in [1.54, 1.807) is 11.8 Å². The number of hydrogen-bond acceptors (Lipinski definition) is 5. The fourth-order valence-electron chi connectivity index (χ4n) is 1.03. The number of pyridine rings is 1. The third-order valence-corrected chi connectivity index (χ3v) is 2.39. The van der Waals surface area contributed by atoms with Crippen LogP contribution in [0.5, 0.6) is 0 Å². The predicted octanol–water partition coefficient (Wildman–Crippen LogP) is 1.14. The molecule has 0 aromatic carbocycles. The first-order valence-corrected chi connectivity index (χ1v) is 5.76. The summed E-state index contributed by atoms with van der Waals surface area (Å²) < 4.78 is 0. The summed E-state index contributed by atoms with van der Waals surface area (Å²) in [4.78, 5) is 14.7. The Morgan fingerprint density at radius 2 is 2.47 bits per heavy atom. The number of rotatable bonds is 5. The van der Waals surface area contributed by atoms with Crippen LogP contribution in [0, 0.1) is 0 Å². The summed E-state index contributed by atoms with van der Waals surface area (Å²) in [5, 5.41) is 11.8. The normalized spacial score (nSPS) is 9.93. The Morgan fingerprint density at radius 1 is 1.73 bits per heavy atom. The molecule has 15 heavy (non-hydrogen) atoms. The first-order chi connectivity index (χ1) is 7.15. The topological polar surface area (TPSA) is 88.2 Å².